The van der Waals surface area contributed by atoms with E-state index in [-0.39, 0.29) is 12.3 Å². The van der Waals surface area contributed by atoms with E-state index in [0.717, 1.165) is 0 Å². The van der Waals surface area contributed by atoms with Gasteiger partial charge in [0.2, 0.25) is 0 Å². The molecule has 2 atom stereocenters. The Labute approximate surface area is 59.4 Å². The third-order valence-corrected chi connectivity index (χ3v) is 1.43. The number of hydrogen-bond acceptors (Lipinski definition) is 3. The lowest BCUT2D eigenvalue weighted by Gasteiger charge is -2.07. The summed E-state index contributed by atoms with van der Waals surface area (Å²) in [6.07, 6.45) is 2.12. The minimum Gasteiger partial charge on any atom is -0.303 e. The average Bonchev–Trinajstić information content (AvgIpc) is 1.99. The summed E-state index contributed by atoms with van der Waals surface area (Å²) in [6, 6.07) is 0. The molecule has 0 saturated carbocycles. The summed E-state index contributed by atoms with van der Waals surface area (Å²) in [5.74, 6) is -0.780. The molecule has 3 heteroatoms. The topological polar surface area (TPSA) is 51.2 Å². The van der Waals surface area contributed by atoms with Crippen LogP contribution in [0.2, 0.25) is 0 Å². The van der Waals surface area contributed by atoms with Crippen LogP contribution in [0.4, 0.5) is 0 Å². The molecule has 0 aliphatic heterocycles. The van der Waals surface area contributed by atoms with E-state index in [9.17, 15) is 14.4 Å². The van der Waals surface area contributed by atoms with Crippen molar-refractivity contribution in [2.75, 3.05) is 0 Å². The molecule has 0 fully saturated rings. The third kappa shape index (κ3) is 2.53. The van der Waals surface area contributed by atoms with Crippen molar-refractivity contribution in [1.82, 2.24) is 0 Å². The van der Waals surface area contributed by atoms with E-state index >= 15 is 0 Å². The van der Waals surface area contributed by atoms with Crippen molar-refractivity contribution >= 4 is 18.9 Å². The highest BCUT2D eigenvalue weighted by atomic mass is 16.1. The summed E-state index contributed by atoms with van der Waals surface area (Å²) >= 11 is 0. The van der Waals surface area contributed by atoms with Gasteiger partial charge in [0, 0.05) is 18.3 Å². The van der Waals surface area contributed by atoms with E-state index in [1.54, 1.807) is 6.92 Å². The molecule has 0 amide bonds. The highest BCUT2D eigenvalue weighted by molar-refractivity contribution is 5.68. The molecule has 0 aliphatic carbocycles. The number of aldehydes is 3. The first-order valence-corrected chi connectivity index (χ1v) is 3.10. The Balaban J connectivity index is 3.90. The van der Waals surface area contributed by atoms with Gasteiger partial charge in [-0.3, -0.25) is 0 Å². The minimum atomic E-state index is -0.435. The molecule has 0 saturated heterocycles. The van der Waals surface area contributed by atoms with Gasteiger partial charge >= 0.3 is 0 Å². The fourth-order valence-corrected chi connectivity index (χ4v) is 0.606. The smallest absolute Gasteiger partial charge is 0.124 e. The van der Waals surface area contributed by atoms with E-state index < -0.39 is 5.92 Å². The van der Waals surface area contributed by atoms with Crippen molar-refractivity contribution < 1.29 is 14.4 Å². The standard InChI is InChI=1S/C7H10O3/c1-6(4-9)7(5-10)2-3-8/h3-7H,2H2,1H3. The first kappa shape index (κ1) is 9.01. The molecule has 0 spiro atoms. The van der Waals surface area contributed by atoms with Crippen LogP contribution in [0.5, 0.6) is 0 Å². The molecule has 0 radical (unpaired) electrons. The van der Waals surface area contributed by atoms with Gasteiger partial charge in [-0.05, 0) is 0 Å². The monoisotopic (exact) mass is 142 g/mol. The van der Waals surface area contributed by atoms with Crippen LogP contribution in [0.3, 0.4) is 0 Å². The third-order valence-electron chi connectivity index (χ3n) is 1.43. The van der Waals surface area contributed by atoms with E-state index in [2.05, 4.69) is 0 Å². The van der Waals surface area contributed by atoms with Gasteiger partial charge in [0.1, 0.15) is 18.9 Å². The fourth-order valence-electron chi connectivity index (χ4n) is 0.606. The van der Waals surface area contributed by atoms with Crippen LogP contribution in [0.1, 0.15) is 13.3 Å². The van der Waals surface area contributed by atoms with Gasteiger partial charge in [-0.15, -0.1) is 0 Å². The molecule has 0 aromatic heterocycles. The zero-order valence-corrected chi connectivity index (χ0v) is 5.82. The Morgan fingerprint density at radius 2 is 1.80 bits per heavy atom. The lowest BCUT2D eigenvalue weighted by atomic mass is 9.94. The number of carbonyl (C=O) groups is 3. The van der Waals surface area contributed by atoms with E-state index in [1.807, 2.05) is 0 Å². The molecule has 0 aromatic rings. The molecule has 0 bridgehead atoms. The molecule has 0 N–H and O–H groups in total. The van der Waals surface area contributed by atoms with Gasteiger partial charge in [-0.2, -0.15) is 0 Å². The maximum absolute atomic E-state index is 10.2. The quantitative estimate of drug-likeness (QED) is 0.516. The van der Waals surface area contributed by atoms with Crippen LogP contribution in [0.15, 0.2) is 0 Å². The Morgan fingerprint density at radius 3 is 2.10 bits per heavy atom. The summed E-state index contributed by atoms with van der Waals surface area (Å²) in [4.78, 5) is 30.2. The van der Waals surface area contributed by atoms with Crippen LogP contribution in [0.25, 0.3) is 0 Å². The number of hydrogen-bond donors (Lipinski definition) is 0. The van der Waals surface area contributed by atoms with Gasteiger partial charge in [-0.25, -0.2) is 0 Å². The van der Waals surface area contributed by atoms with Gasteiger partial charge in [0.25, 0.3) is 0 Å². The molecule has 2 unspecified atom stereocenters. The fraction of sp³-hybridized carbons (Fsp3) is 0.571. The summed E-state index contributed by atoms with van der Waals surface area (Å²) in [7, 11) is 0. The summed E-state index contributed by atoms with van der Waals surface area (Å²) in [6.45, 7) is 1.62. The summed E-state index contributed by atoms with van der Waals surface area (Å²) in [5, 5.41) is 0. The first-order valence-electron chi connectivity index (χ1n) is 3.10. The predicted molar refractivity (Wildman–Crippen MR) is 35.5 cm³/mol. The van der Waals surface area contributed by atoms with Gasteiger partial charge in [0.05, 0.1) is 0 Å². The molecule has 0 aliphatic rings. The van der Waals surface area contributed by atoms with Crippen LogP contribution in [-0.2, 0) is 14.4 Å². The average molecular weight is 142 g/mol. The lowest BCUT2D eigenvalue weighted by molar-refractivity contribution is -0.121. The molecule has 0 heterocycles. The van der Waals surface area contributed by atoms with E-state index in [1.165, 1.54) is 0 Å². The van der Waals surface area contributed by atoms with E-state index in [4.69, 9.17) is 0 Å². The van der Waals surface area contributed by atoms with Crippen molar-refractivity contribution in [1.29, 1.82) is 0 Å². The maximum Gasteiger partial charge on any atom is 0.124 e. The highest BCUT2D eigenvalue weighted by Crippen LogP contribution is 2.08. The lowest BCUT2D eigenvalue weighted by Crippen LogP contribution is -2.14. The second-order valence-electron chi connectivity index (χ2n) is 2.20. The molecule has 56 valence electrons. The maximum atomic E-state index is 10.2. The Morgan fingerprint density at radius 1 is 1.20 bits per heavy atom. The van der Waals surface area contributed by atoms with Crippen molar-refractivity contribution in [3.63, 3.8) is 0 Å². The molecule has 3 nitrogen and oxygen atoms in total. The molecular formula is C7H10O3. The van der Waals surface area contributed by atoms with Gasteiger partial charge < -0.3 is 14.4 Å². The second kappa shape index (κ2) is 4.85. The summed E-state index contributed by atoms with van der Waals surface area (Å²) in [5.41, 5.74) is 0. The number of carbonyl (C=O) groups excluding carboxylic acids is 3. The van der Waals surface area contributed by atoms with Crippen molar-refractivity contribution in [3.05, 3.63) is 0 Å². The Hall–Kier alpha value is -0.990. The SMILES string of the molecule is CC(C=O)C(C=O)CC=O. The second-order valence-corrected chi connectivity index (χ2v) is 2.20. The van der Waals surface area contributed by atoms with E-state index in [0.29, 0.717) is 18.9 Å². The van der Waals surface area contributed by atoms with Crippen molar-refractivity contribution in [2.45, 2.75) is 13.3 Å². The van der Waals surface area contributed by atoms with Crippen LogP contribution < -0.4 is 0 Å². The Kier molecular flexibility index (Phi) is 4.37. The first-order chi connectivity index (χ1) is 4.76. The largest absolute Gasteiger partial charge is 0.303 e. The van der Waals surface area contributed by atoms with Crippen LogP contribution in [-0.4, -0.2) is 18.9 Å². The zero-order valence-electron chi connectivity index (χ0n) is 5.82. The van der Waals surface area contributed by atoms with Crippen molar-refractivity contribution in [3.8, 4) is 0 Å². The molecule has 0 aromatic carbocycles. The van der Waals surface area contributed by atoms with Gasteiger partial charge in [-0.1, -0.05) is 6.92 Å². The molecule has 0 rings (SSSR count). The molecule has 10 heavy (non-hydrogen) atoms. The normalized spacial score (nSPS) is 15.3. The zero-order chi connectivity index (χ0) is 7.98. The Bertz CT molecular complexity index is 131. The van der Waals surface area contributed by atoms with Crippen LogP contribution >= 0.6 is 0 Å². The predicted octanol–water partition coefficient (Wildman–Crippen LogP) is 0.226. The van der Waals surface area contributed by atoms with Crippen molar-refractivity contribution in [2.24, 2.45) is 11.8 Å². The summed E-state index contributed by atoms with van der Waals surface area (Å²) < 4.78 is 0. The highest BCUT2D eigenvalue weighted by Gasteiger charge is 2.14. The molecular weight excluding hydrogens is 132 g/mol. The minimum absolute atomic E-state index is 0.142. The van der Waals surface area contributed by atoms with Gasteiger partial charge in [0.15, 0.2) is 0 Å². The van der Waals surface area contributed by atoms with Crippen LogP contribution in [0, 0.1) is 11.8 Å². The number of rotatable bonds is 5.